The van der Waals surface area contributed by atoms with Gasteiger partial charge in [0.05, 0.1) is 6.04 Å². The molecule has 5 saturated carbocycles. The van der Waals surface area contributed by atoms with Crippen molar-refractivity contribution in [1.29, 1.82) is 0 Å². The Bertz CT molecular complexity index is 1180. The van der Waals surface area contributed by atoms with Crippen molar-refractivity contribution in [3.05, 3.63) is 51.8 Å². The van der Waals surface area contributed by atoms with E-state index >= 15 is 0 Å². The first kappa shape index (κ1) is 26.1. The van der Waals surface area contributed by atoms with Crippen molar-refractivity contribution in [1.82, 2.24) is 15.1 Å². The van der Waals surface area contributed by atoms with E-state index in [9.17, 15) is 4.79 Å². The van der Waals surface area contributed by atoms with Gasteiger partial charge in [-0.1, -0.05) is 49.4 Å². The van der Waals surface area contributed by atoms with E-state index in [-0.39, 0.29) is 11.9 Å². The molecule has 1 amide bonds. The number of nitrogens with one attached hydrogen (secondary N) is 1. The molecule has 4 nitrogen and oxygen atoms in total. The van der Waals surface area contributed by atoms with E-state index < -0.39 is 0 Å². The lowest BCUT2D eigenvalue weighted by molar-refractivity contribution is -0.0688. The Morgan fingerprint density at radius 1 is 1.03 bits per heavy atom. The molecule has 5 heteroatoms. The predicted octanol–water partition coefficient (Wildman–Crippen LogP) is 8.43. The van der Waals surface area contributed by atoms with Crippen molar-refractivity contribution in [2.24, 2.45) is 23.2 Å². The maximum Gasteiger partial charge on any atom is 0.272 e. The predicted molar refractivity (Wildman–Crippen MR) is 157 cm³/mol. The molecule has 210 valence electrons. The van der Waals surface area contributed by atoms with Gasteiger partial charge in [0.25, 0.3) is 5.91 Å². The van der Waals surface area contributed by atoms with Crippen molar-refractivity contribution in [2.45, 2.75) is 128 Å². The molecule has 1 aromatic heterocycles. The lowest BCUT2D eigenvalue weighted by atomic mass is 9.48. The van der Waals surface area contributed by atoms with Crippen LogP contribution in [-0.2, 0) is 12.8 Å². The van der Waals surface area contributed by atoms with E-state index in [4.69, 9.17) is 16.7 Å². The molecule has 2 aromatic rings. The Morgan fingerprint density at radius 3 is 2.41 bits per heavy atom. The van der Waals surface area contributed by atoms with Gasteiger partial charge in [-0.3, -0.25) is 9.48 Å². The maximum atomic E-state index is 14.1. The summed E-state index contributed by atoms with van der Waals surface area (Å²) in [5.74, 6) is 3.16. The highest BCUT2D eigenvalue weighted by atomic mass is 35.5. The Morgan fingerprint density at radius 2 is 1.72 bits per heavy atom. The first-order valence-corrected chi connectivity index (χ1v) is 16.5. The van der Waals surface area contributed by atoms with Gasteiger partial charge in [-0.15, -0.1) is 0 Å². The summed E-state index contributed by atoms with van der Waals surface area (Å²) in [4.78, 5) is 14.1. The number of aromatic nitrogens is 2. The van der Waals surface area contributed by atoms with E-state index in [0.29, 0.717) is 17.4 Å². The highest BCUT2D eigenvalue weighted by Gasteiger charge is 2.53. The monoisotopic (exact) mass is 547 g/mol. The summed E-state index contributed by atoms with van der Waals surface area (Å²) in [6.45, 7) is 2.31. The second kappa shape index (κ2) is 10.5. The van der Waals surface area contributed by atoms with Crippen LogP contribution in [0.5, 0.6) is 0 Å². The number of hydrogen-bond acceptors (Lipinski definition) is 2. The number of halogens is 1. The zero-order chi connectivity index (χ0) is 26.6. The van der Waals surface area contributed by atoms with E-state index in [1.54, 1.807) is 0 Å². The fourth-order valence-electron chi connectivity index (χ4n) is 10.1. The number of carbonyl (C=O) groups is 1. The maximum absolute atomic E-state index is 14.1. The molecule has 0 spiro atoms. The van der Waals surface area contributed by atoms with E-state index in [1.165, 1.54) is 93.9 Å². The minimum atomic E-state index is 0.0902. The van der Waals surface area contributed by atoms with Gasteiger partial charge in [-0.25, -0.2) is 0 Å². The molecule has 2 unspecified atom stereocenters. The van der Waals surface area contributed by atoms with Crippen LogP contribution in [0, 0.1) is 23.2 Å². The van der Waals surface area contributed by atoms with Crippen molar-refractivity contribution < 1.29 is 4.79 Å². The Kier molecular flexibility index (Phi) is 7.06. The van der Waals surface area contributed by atoms with Gasteiger partial charge < -0.3 is 5.32 Å². The third-order valence-electron chi connectivity index (χ3n) is 11.5. The van der Waals surface area contributed by atoms with Crippen LogP contribution in [0.25, 0.3) is 0 Å². The standard InChI is InChI=1S/C34H46ClN3O/c1-22(34-19-24-14-25(20-34)16-26(15-24)21-34)36-33(39)31-30-13-6-5-9-27(17-23-8-7-10-28(35)18-23)32(30)38(37-31)29-11-3-2-4-12-29/h7-8,10,18,22,24-27,29H,2-6,9,11-17,19-21H2,1H3,(H,36,39). The van der Waals surface area contributed by atoms with Crippen LogP contribution >= 0.6 is 11.6 Å². The highest BCUT2D eigenvalue weighted by Crippen LogP contribution is 2.61. The molecule has 1 N–H and O–H groups in total. The number of amides is 1. The molecule has 6 aliphatic carbocycles. The molecule has 0 aliphatic heterocycles. The van der Waals surface area contributed by atoms with Crippen LogP contribution in [0.3, 0.4) is 0 Å². The van der Waals surface area contributed by atoms with Gasteiger partial charge >= 0.3 is 0 Å². The lowest BCUT2D eigenvalue weighted by Crippen LogP contribution is -2.55. The van der Waals surface area contributed by atoms with Crippen LogP contribution in [0.4, 0.5) is 0 Å². The third kappa shape index (κ3) is 4.98. The van der Waals surface area contributed by atoms with Gasteiger partial charge in [0.1, 0.15) is 0 Å². The van der Waals surface area contributed by atoms with Crippen LogP contribution in [0.15, 0.2) is 24.3 Å². The Labute approximate surface area is 239 Å². The summed E-state index contributed by atoms with van der Waals surface area (Å²) in [5.41, 5.74) is 4.96. The summed E-state index contributed by atoms with van der Waals surface area (Å²) >= 11 is 6.38. The molecule has 39 heavy (non-hydrogen) atoms. The molecule has 0 saturated heterocycles. The lowest BCUT2D eigenvalue weighted by Gasteiger charge is -2.59. The molecular formula is C34H46ClN3O. The first-order valence-electron chi connectivity index (χ1n) is 16.1. The summed E-state index contributed by atoms with van der Waals surface area (Å²) in [6, 6.07) is 9.01. The second-order valence-corrected chi connectivity index (χ2v) is 14.6. The third-order valence-corrected chi connectivity index (χ3v) is 11.8. The van der Waals surface area contributed by atoms with E-state index in [2.05, 4.69) is 35.1 Å². The van der Waals surface area contributed by atoms with Gasteiger partial charge in [-0.2, -0.15) is 5.10 Å². The quantitative estimate of drug-likeness (QED) is 0.369. The molecule has 1 aromatic carbocycles. The minimum absolute atomic E-state index is 0.0902. The largest absolute Gasteiger partial charge is 0.348 e. The SMILES string of the molecule is CC(NC(=O)c1nn(C2CCCCC2)c2c1CCCCC2Cc1cccc(Cl)c1)C12CC3CC(CC(C3)C1)C2. The summed E-state index contributed by atoms with van der Waals surface area (Å²) in [5, 5.41) is 9.63. The van der Waals surface area contributed by atoms with Crippen molar-refractivity contribution in [3.8, 4) is 0 Å². The Hall–Kier alpha value is -1.81. The van der Waals surface area contributed by atoms with Crippen LogP contribution in [0.1, 0.15) is 136 Å². The zero-order valence-electron chi connectivity index (χ0n) is 23.8. The van der Waals surface area contributed by atoms with Gasteiger partial charge in [0.15, 0.2) is 5.69 Å². The molecule has 5 fully saturated rings. The van der Waals surface area contributed by atoms with Crippen LogP contribution in [-0.4, -0.2) is 21.7 Å². The van der Waals surface area contributed by atoms with E-state index in [0.717, 1.165) is 54.2 Å². The molecule has 6 aliphatic rings. The van der Waals surface area contributed by atoms with E-state index in [1.807, 2.05) is 6.07 Å². The zero-order valence-corrected chi connectivity index (χ0v) is 24.5. The van der Waals surface area contributed by atoms with Crippen LogP contribution in [0.2, 0.25) is 5.02 Å². The number of hydrogen-bond donors (Lipinski definition) is 1. The fourth-order valence-corrected chi connectivity index (χ4v) is 10.3. The topological polar surface area (TPSA) is 46.9 Å². The summed E-state index contributed by atoms with van der Waals surface area (Å²) in [7, 11) is 0. The molecule has 1 heterocycles. The van der Waals surface area contributed by atoms with Crippen LogP contribution < -0.4 is 5.32 Å². The van der Waals surface area contributed by atoms with Crippen molar-refractivity contribution in [3.63, 3.8) is 0 Å². The minimum Gasteiger partial charge on any atom is -0.348 e. The molecule has 8 rings (SSSR count). The fraction of sp³-hybridized carbons (Fsp3) is 0.706. The average Bonchev–Trinajstić information content (AvgIpc) is 3.18. The van der Waals surface area contributed by atoms with Crippen molar-refractivity contribution >= 4 is 17.5 Å². The van der Waals surface area contributed by atoms with Gasteiger partial charge in [-0.05, 0) is 125 Å². The van der Waals surface area contributed by atoms with Gasteiger partial charge in [0, 0.05) is 28.2 Å². The molecule has 2 atom stereocenters. The van der Waals surface area contributed by atoms with Gasteiger partial charge in [0.2, 0.25) is 0 Å². The number of nitrogens with zero attached hydrogens (tertiary/aromatic N) is 2. The number of benzene rings is 1. The Balaban J connectivity index is 1.20. The molecule has 4 bridgehead atoms. The number of rotatable bonds is 6. The second-order valence-electron chi connectivity index (χ2n) is 14.2. The normalized spacial score (nSPS) is 33.0. The average molecular weight is 548 g/mol. The molecule has 0 radical (unpaired) electrons. The number of fused-ring (bicyclic) bond motifs is 1. The highest BCUT2D eigenvalue weighted by molar-refractivity contribution is 6.30. The molecular weight excluding hydrogens is 502 g/mol. The summed E-state index contributed by atoms with van der Waals surface area (Å²) in [6.07, 6.45) is 19.9. The summed E-state index contributed by atoms with van der Waals surface area (Å²) < 4.78 is 2.36. The van der Waals surface area contributed by atoms with Crippen molar-refractivity contribution in [2.75, 3.05) is 0 Å². The smallest absolute Gasteiger partial charge is 0.272 e. The first-order chi connectivity index (χ1) is 19.0. The number of carbonyl (C=O) groups excluding carboxylic acids is 1.